The predicted molar refractivity (Wildman–Crippen MR) is 86.3 cm³/mol. The minimum atomic E-state index is -0.940. The maximum atomic E-state index is 13.9. The quantitative estimate of drug-likeness (QED) is 0.884. The van der Waals surface area contributed by atoms with E-state index in [4.69, 9.17) is 5.73 Å². The molecule has 4 nitrogen and oxygen atoms in total. The Kier molecular flexibility index (Phi) is 4.57. The molecule has 6 heteroatoms. The zero-order valence-corrected chi connectivity index (χ0v) is 13.4. The second-order valence-corrected chi connectivity index (χ2v) is 6.05. The number of rotatable bonds is 5. The Morgan fingerprint density at radius 2 is 2.08 bits per heavy atom. The summed E-state index contributed by atoms with van der Waals surface area (Å²) in [6.45, 7) is 1.93. The SMILES string of the molecule is CC(NC(=O)c1ccc(CN)nc1C1CC1)c1cccc(F)c1F. The number of pyridine rings is 1. The molecule has 1 aromatic heterocycles. The van der Waals surface area contributed by atoms with Gasteiger partial charge in [-0.15, -0.1) is 0 Å². The van der Waals surface area contributed by atoms with Gasteiger partial charge in [-0.25, -0.2) is 8.78 Å². The molecule has 1 unspecified atom stereocenters. The number of aromatic nitrogens is 1. The minimum Gasteiger partial charge on any atom is -0.345 e. The van der Waals surface area contributed by atoms with Crippen LogP contribution in [-0.4, -0.2) is 10.9 Å². The summed E-state index contributed by atoms with van der Waals surface area (Å²) >= 11 is 0. The molecular formula is C18H19F2N3O. The predicted octanol–water partition coefficient (Wildman–Crippen LogP) is 3.19. The van der Waals surface area contributed by atoms with E-state index in [0.29, 0.717) is 12.1 Å². The minimum absolute atomic E-state index is 0.114. The van der Waals surface area contributed by atoms with Crippen molar-refractivity contribution in [1.29, 1.82) is 0 Å². The van der Waals surface area contributed by atoms with Gasteiger partial charge in [0.05, 0.1) is 23.0 Å². The molecule has 1 amide bonds. The largest absolute Gasteiger partial charge is 0.345 e. The number of benzene rings is 1. The lowest BCUT2D eigenvalue weighted by Gasteiger charge is -2.17. The molecule has 1 aromatic carbocycles. The van der Waals surface area contributed by atoms with E-state index in [9.17, 15) is 13.6 Å². The molecule has 2 aromatic rings. The first-order valence-electron chi connectivity index (χ1n) is 7.96. The topological polar surface area (TPSA) is 68.0 Å². The third kappa shape index (κ3) is 3.28. The second kappa shape index (κ2) is 6.65. The van der Waals surface area contributed by atoms with Crippen LogP contribution in [0.25, 0.3) is 0 Å². The molecule has 1 saturated carbocycles. The van der Waals surface area contributed by atoms with Crippen molar-refractivity contribution in [1.82, 2.24) is 10.3 Å². The smallest absolute Gasteiger partial charge is 0.253 e. The van der Waals surface area contributed by atoms with Crippen LogP contribution in [0.2, 0.25) is 0 Å². The van der Waals surface area contributed by atoms with E-state index in [1.807, 2.05) is 0 Å². The van der Waals surface area contributed by atoms with Crippen molar-refractivity contribution in [2.45, 2.75) is 38.3 Å². The van der Waals surface area contributed by atoms with Crippen LogP contribution in [-0.2, 0) is 6.54 Å². The van der Waals surface area contributed by atoms with Crippen molar-refractivity contribution in [3.8, 4) is 0 Å². The standard InChI is InChI=1S/C18H19F2N3O/c1-10(13-3-2-4-15(19)16(13)20)22-18(24)14-8-7-12(9-21)23-17(14)11-5-6-11/h2-4,7-8,10-11H,5-6,9,21H2,1H3,(H,22,24). The van der Waals surface area contributed by atoms with Gasteiger partial charge in [-0.05, 0) is 38.0 Å². The van der Waals surface area contributed by atoms with Gasteiger partial charge in [0.1, 0.15) is 0 Å². The lowest BCUT2D eigenvalue weighted by Crippen LogP contribution is -2.28. The van der Waals surface area contributed by atoms with Crippen LogP contribution in [0.3, 0.4) is 0 Å². The van der Waals surface area contributed by atoms with Gasteiger partial charge in [0.25, 0.3) is 5.91 Å². The van der Waals surface area contributed by atoms with Gasteiger partial charge in [-0.3, -0.25) is 9.78 Å². The Morgan fingerprint density at radius 1 is 1.33 bits per heavy atom. The molecule has 1 aliphatic carbocycles. The fourth-order valence-electron chi connectivity index (χ4n) is 2.70. The Balaban J connectivity index is 1.83. The highest BCUT2D eigenvalue weighted by Gasteiger charge is 2.30. The first-order valence-corrected chi connectivity index (χ1v) is 7.96. The summed E-state index contributed by atoms with van der Waals surface area (Å²) in [6.07, 6.45) is 1.99. The van der Waals surface area contributed by atoms with E-state index < -0.39 is 17.7 Å². The first kappa shape index (κ1) is 16.5. The van der Waals surface area contributed by atoms with Gasteiger partial charge < -0.3 is 11.1 Å². The fourth-order valence-corrected chi connectivity index (χ4v) is 2.70. The molecular weight excluding hydrogens is 312 g/mol. The van der Waals surface area contributed by atoms with E-state index in [2.05, 4.69) is 10.3 Å². The van der Waals surface area contributed by atoms with Crippen molar-refractivity contribution >= 4 is 5.91 Å². The lowest BCUT2D eigenvalue weighted by molar-refractivity contribution is 0.0937. The number of hydrogen-bond donors (Lipinski definition) is 2. The molecule has 0 saturated heterocycles. The van der Waals surface area contributed by atoms with Crippen molar-refractivity contribution in [2.75, 3.05) is 0 Å². The summed E-state index contributed by atoms with van der Waals surface area (Å²) in [4.78, 5) is 17.0. The monoisotopic (exact) mass is 331 g/mol. The highest BCUT2D eigenvalue weighted by atomic mass is 19.2. The Morgan fingerprint density at radius 3 is 2.75 bits per heavy atom. The Bertz CT molecular complexity index is 775. The van der Waals surface area contributed by atoms with Gasteiger partial charge in [-0.1, -0.05) is 12.1 Å². The van der Waals surface area contributed by atoms with Crippen molar-refractivity contribution < 1.29 is 13.6 Å². The van der Waals surface area contributed by atoms with Crippen molar-refractivity contribution in [3.05, 3.63) is 64.5 Å². The summed E-state index contributed by atoms with van der Waals surface area (Å²) in [7, 11) is 0. The van der Waals surface area contributed by atoms with E-state index in [-0.39, 0.29) is 17.4 Å². The summed E-state index contributed by atoms with van der Waals surface area (Å²) < 4.78 is 27.2. The number of nitrogens with two attached hydrogens (primary N) is 1. The number of halogens is 2. The number of hydrogen-bond acceptors (Lipinski definition) is 3. The molecule has 1 aliphatic rings. The molecule has 1 fully saturated rings. The van der Waals surface area contributed by atoms with Gasteiger partial charge in [-0.2, -0.15) is 0 Å². The van der Waals surface area contributed by atoms with E-state index in [1.54, 1.807) is 19.1 Å². The summed E-state index contributed by atoms with van der Waals surface area (Å²) in [5, 5.41) is 2.72. The number of nitrogens with one attached hydrogen (secondary N) is 1. The first-order chi connectivity index (χ1) is 11.5. The number of nitrogens with zero attached hydrogens (tertiary/aromatic N) is 1. The van der Waals surface area contributed by atoms with E-state index in [0.717, 1.165) is 30.3 Å². The normalized spacial score (nSPS) is 15.2. The van der Waals surface area contributed by atoms with Crippen LogP contribution in [0, 0.1) is 11.6 Å². The van der Waals surface area contributed by atoms with Crippen molar-refractivity contribution in [3.63, 3.8) is 0 Å². The fraction of sp³-hybridized carbons (Fsp3) is 0.333. The van der Waals surface area contributed by atoms with Gasteiger partial charge in [0, 0.05) is 18.0 Å². The molecule has 1 atom stereocenters. The summed E-state index contributed by atoms with van der Waals surface area (Å²) in [5.74, 6) is -1.94. The van der Waals surface area contributed by atoms with Crippen molar-refractivity contribution in [2.24, 2.45) is 5.73 Å². The molecule has 0 aliphatic heterocycles. The third-order valence-corrected chi connectivity index (χ3v) is 4.20. The van der Waals surface area contributed by atoms with Crippen LogP contribution in [0.4, 0.5) is 8.78 Å². The molecule has 126 valence electrons. The Labute approximate surface area is 139 Å². The number of carbonyl (C=O) groups excluding carboxylic acids is 1. The Hall–Kier alpha value is -2.34. The average Bonchev–Trinajstić information content (AvgIpc) is 3.41. The maximum Gasteiger partial charge on any atom is 0.253 e. The molecule has 1 heterocycles. The van der Waals surface area contributed by atoms with Crippen LogP contribution in [0.1, 0.15) is 59.0 Å². The second-order valence-electron chi connectivity index (χ2n) is 6.05. The number of amides is 1. The molecule has 24 heavy (non-hydrogen) atoms. The van der Waals surface area contributed by atoms with Crippen LogP contribution in [0.5, 0.6) is 0 Å². The summed E-state index contributed by atoms with van der Waals surface area (Å²) in [6, 6.07) is 6.69. The van der Waals surface area contributed by atoms with Gasteiger partial charge in [0.15, 0.2) is 11.6 Å². The molecule has 3 N–H and O–H groups in total. The lowest BCUT2D eigenvalue weighted by atomic mass is 10.0. The van der Waals surface area contributed by atoms with Crippen LogP contribution in [0.15, 0.2) is 30.3 Å². The molecule has 0 spiro atoms. The third-order valence-electron chi connectivity index (χ3n) is 4.20. The van der Waals surface area contributed by atoms with Crippen LogP contribution >= 0.6 is 0 Å². The van der Waals surface area contributed by atoms with Crippen LogP contribution < -0.4 is 11.1 Å². The summed E-state index contributed by atoms with van der Waals surface area (Å²) in [5.41, 5.74) is 7.67. The highest BCUT2D eigenvalue weighted by Crippen LogP contribution is 2.40. The zero-order chi connectivity index (χ0) is 17.3. The van der Waals surface area contributed by atoms with Gasteiger partial charge in [0.2, 0.25) is 0 Å². The molecule has 0 bridgehead atoms. The van der Waals surface area contributed by atoms with E-state index >= 15 is 0 Å². The number of carbonyl (C=O) groups is 1. The van der Waals surface area contributed by atoms with Gasteiger partial charge >= 0.3 is 0 Å². The molecule has 3 rings (SSSR count). The maximum absolute atomic E-state index is 13.9. The zero-order valence-electron chi connectivity index (χ0n) is 13.4. The van der Waals surface area contributed by atoms with E-state index in [1.165, 1.54) is 12.1 Å². The average molecular weight is 331 g/mol. The molecule has 0 radical (unpaired) electrons. The highest BCUT2D eigenvalue weighted by molar-refractivity contribution is 5.95.